The maximum absolute atomic E-state index is 14.0. The van der Waals surface area contributed by atoms with Crippen molar-refractivity contribution in [2.75, 3.05) is 23.0 Å². The summed E-state index contributed by atoms with van der Waals surface area (Å²) in [6.45, 7) is 7.69. The minimum absolute atomic E-state index is 0.0421. The lowest BCUT2D eigenvalue weighted by atomic mass is 10.1. The van der Waals surface area contributed by atoms with Crippen molar-refractivity contribution in [1.29, 1.82) is 0 Å². The molecule has 1 aliphatic rings. The van der Waals surface area contributed by atoms with Crippen LogP contribution in [0.5, 0.6) is 0 Å². The molecule has 2 N–H and O–H groups in total. The van der Waals surface area contributed by atoms with Gasteiger partial charge in [-0.3, -0.25) is 14.2 Å². The number of fused-ring (bicyclic) bond motifs is 1. The Labute approximate surface area is 252 Å². The second-order valence-corrected chi connectivity index (χ2v) is 10.1. The van der Waals surface area contributed by atoms with Crippen molar-refractivity contribution in [3.8, 4) is 5.69 Å². The molecule has 1 aliphatic heterocycles. The number of nitrogens with zero attached hydrogens (tertiary/aromatic N) is 4. The predicted molar refractivity (Wildman–Crippen MR) is 168 cm³/mol. The molecular formula is C34H30N4O6. The number of carbonyl (C=O) groups excluding carboxylic acids is 1. The highest BCUT2D eigenvalue weighted by atomic mass is 16.4. The van der Waals surface area contributed by atoms with E-state index >= 15 is 0 Å². The summed E-state index contributed by atoms with van der Waals surface area (Å²) in [5.74, 6) is -2.70. The van der Waals surface area contributed by atoms with Crippen molar-refractivity contribution in [1.82, 2.24) is 4.57 Å². The van der Waals surface area contributed by atoms with Crippen LogP contribution in [0.1, 0.15) is 56.0 Å². The maximum atomic E-state index is 14.0. The number of carbonyl (C=O) groups is 3. The molecule has 0 atom stereocenters. The van der Waals surface area contributed by atoms with E-state index in [9.17, 15) is 29.4 Å². The van der Waals surface area contributed by atoms with Gasteiger partial charge in [-0.1, -0.05) is 24.3 Å². The Hall–Kier alpha value is -5.77. The Kier molecular flexibility index (Phi) is 8.25. The number of carboxylic acid groups (broad SMARTS) is 2. The molecule has 1 aromatic heterocycles. The zero-order chi connectivity index (χ0) is 31.5. The van der Waals surface area contributed by atoms with Crippen LogP contribution in [0.3, 0.4) is 0 Å². The largest absolute Gasteiger partial charge is 0.478 e. The highest BCUT2D eigenvalue weighted by Crippen LogP contribution is 2.22. The van der Waals surface area contributed by atoms with Gasteiger partial charge in [0.2, 0.25) is 0 Å². The molecule has 5 rings (SSSR count). The number of rotatable bonds is 9. The van der Waals surface area contributed by atoms with Crippen LogP contribution in [-0.4, -0.2) is 45.7 Å². The van der Waals surface area contributed by atoms with Crippen molar-refractivity contribution >= 4 is 41.4 Å². The molecule has 0 aliphatic carbocycles. The number of pyridine rings is 1. The Morgan fingerprint density at radius 1 is 0.818 bits per heavy atom. The van der Waals surface area contributed by atoms with E-state index in [1.165, 1.54) is 53.1 Å². The number of benzene rings is 3. The summed E-state index contributed by atoms with van der Waals surface area (Å²) >= 11 is 0. The van der Waals surface area contributed by atoms with Gasteiger partial charge in [0, 0.05) is 24.0 Å². The summed E-state index contributed by atoms with van der Waals surface area (Å²) < 4.78 is 1.29. The van der Waals surface area contributed by atoms with Gasteiger partial charge in [0.25, 0.3) is 11.5 Å². The van der Waals surface area contributed by atoms with Gasteiger partial charge >= 0.3 is 11.9 Å². The average molecular weight is 591 g/mol. The number of hydrogen-bond donors (Lipinski definition) is 2. The van der Waals surface area contributed by atoms with Crippen molar-refractivity contribution < 1.29 is 24.6 Å². The summed E-state index contributed by atoms with van der Waals surface area (Å²) in [6, 6.07) is 19.5. The fourth-order valence-corrected chi connectivity index (χ4v) is 5.14. The second-order valence-electron chi connectivity index (χ2n) is 10.1. The number of anilines is 2. The fraction of sp³-hybridized carbons (Fsp3) is 0.147. The summed E-state index contributed by atoms with van der Waals surface area (Å²) in [7, 11) is 0. The molecule has 1 amide bonds. The van der Waals surface area contributed by atoms with Gasteiger partial charge in [-0.25, -0.2) is 9.59 Å². The maximum Gasteiger partial charge on any atom is 0.335 e. The molecule has 0 saturated carbocycles. The van der Waals surface area contributed by atoms with Gasteiger partial charge in [-0.05, 0) is 98.6 Å². The van der Waals surface area contributed by atoms with E-state index in [4.69, 9.17) is 0 Å². The third kappa shape index (κ3) is 5.52. The van der Waals surface area contributed by atoms with Gasteiger partial charge in [-0.15, -0.1) is 5.10 Å². The lowest BCUT2D eigenvalue weighted by Crippen LogP contribution is -2.45. The highest BCUT2D eigenvalue weighted by molar-refractivity contribution is 6.08. The normalized spacial score (nSPS) is 12.8. The Morgan fingerprint density at radius 3 is 1.89 bits per heavy atom. The van der Waals surface area contributed by atoms with Crippen LogP contribution >= 0.6 is 0 Å². The molecule has 3 aromatic carbocycles. The first kappa shape index (κ1) is 29.7. The van der Waals surface area contributed by atoms with Crippen LogP contribution in [0.25, 0.3) is 17.8 Å². The number of hydrogen-bond acceptors (Lipinski definition) is 6. The third-order valence-corrected chi connectivity index (χ3v) is 7.55. The minimum atomic E-state index is -1.11. The number of aromatic carboxylic acids is 2. The van der Waals surface area contributed by atoms with Crippen LogP contribution in [0.4, 0.5) is 11.4 Å². The SMILES string of the molecule is CCN(CC)c1ccc(C=C/C=c2/c(C)c3c(n(-c4ccc(C(=O)O)cc4)c2=O)=NN(c2ccc(C(=O)O)cc2)C3=O)cc1. The third-order valence-electron chi connectivity index (χ3n) is 7.55. The zero-order valence-electron chi connectivity index (χ0n) is 24.4. The fourth-order valence-electron chi connectivity index (χ4n) is 5.14. The summed E-state index contributed by atoms with van der Waals surface area (Å²) in [5.41, 5.74) is 3.10. The number of aromatic nitrogens is 1. The molecule has 44 heavy (non-hydrogen) atoms. The summed E-state index contributed by atoms with van der Waals surface area (Å²) in [6.07, 6.45) is 5.27. The molecule has 0 spiro atoms. The molecule has 0 radical (unpaired) electrons. The van der Waals surface area contributed by atoms with Gasteiger partial charge in [0.05, 0.1) is 28.1 Å². The molecule has 2 heterocycles. The standard InChI is InChI=1S/C34H30N4O6/c1-4-36(5-2)25-15-9-22(10-16-25)7-6-8-28-21(3)29-30(37(31(28)39)26-17-11-23(12-18-26)33(41)42)35-38(32(29)40)27-19-13-24(14-20-27)34(43)44/h6-20H,4-5H2,1-3H3,(H,41,42)(H,43,44)/b7-6?,28-8-. The van der Waals surface area contributed by atoms with E-state index in [1.54, 1.807) is 19.1 Å². The summed E-state index contributed by atoms with van der Waals surface area (Å²) in [4.78, 5) is 52.7. The zero-order valence-corrected chi connectivity index (χ0v) is 24.4. The lowest BCUT2D eigenvalue weighted by Gasteiger charge is -2.20. The van der Waals surface area contributed by atoms with Crippen LogP contribution in [0.2, 0.25) is 0 Å². The lowest BCUT2D eigenvalue weighted by molar-refractivity contribution is 0.0686. The van der Waals surface area contributed by atoms with Gasteiger partial charge < -0.3 is 15.1 Å². The average Bonchev–Trinajstić information content (AvgIpc) is 3.37. The van der Waals surface area contributed by atoms with Crippen molar-refractivity contribution in [3.05, 3.63) is 128 Å². The van der Waals surface area contributed by atoms with Crippen LogP contribution in [0.15, 0.2) is 88.8 Å². The quantitative estimate of drug-likeness (QED) is 0.300. The molecule has 222 valence electrons. The van der Waals surface area contributed by atoms with Gasteiger partial charge in [0.15, 0.2) is 5.49 Å². The number of carboxylic acids is 2. The Morgan fingerprint density at radius 2 is 1.36 bits per heavy atom. The minimum Gasteiger partial charge on any atom is -0.478 e. The number of allylic oxidation sites excluding steroid dienone is 1. The van der Waals surface area contributed by atoms with E-state index in [0.29, 0.717) is 16.9 Å². The Balaban J connectivity index is 1.64. The smallest absolute Gasteiger partial charge is 0.335 e. The molecule has 10 heteroatoms. The van der Waals surface area contributed by atoms with E-state index < -0.39 is 23.4 Å². The van der Waals surface area contributed by atoms with E-state index in [-0.39, 0.29) is 27.4 Å². The first-order valence-corrected chi connectivity index (χ1v) is 14.0. The molecule has 0 unspecified atom stereocenters. The molecular weight excluding hydrogens is 560 g/mol. The molecule has 0 saturated heterocycles. The Bertz CT molecular complexity index is 1970. The molecule has 4 aromatic rings. The molecule has 10 nitrogen and oxygen atoms in total. The van der Waals surface area contributed by atoms with E-state index in [0.717, 1.165) is 29.3 Å². The van der Waals surface area contributed by atoms with Crippen molar-refractivity contribution in [2.24, 2.45) is 5.10 Å². The molecule has 0 bridgehead atoms. The van der Waals surface area contributed by atoms with Crippen LogP contribution in [-0.2, 0) is 0 Å². The van der Waals surface area contributed by atoms with E-state index in [1.807, 2.05) is 30.3 Å². The first-order valence-electron chi connectivity index (χ1n) is 14.0. The predicted octanol–water partition coefficient (Wildman–Crippen LogP) is 4.08. The number of amides is 1. The highest BCUT2D eigenvalue weighted by Gasteiger charge is 2.31. The van der Waals surface area contributed by atoms with Crippen LogP contribution in [0, 0.1) is 6.92 Å². The topological polar surface area (TPSA) is 133 Å². The summed E-state index contributed by atoms with van der Waals surface area (Å²) in [5, 5.41) is 24.5. The molecule has 0 fully saturated rings. The van der Waals surface area contributed by atoms with E-state index in [2.05, 4.69) is 23.8 Å². The second kappa shape index (κ2) is 12.2. The first-order chi connectivity index (χ1) is 21.1. The van der Waals surface area contributed by atoms with Gasteiger partial charge in [-0.2, -0.15) is 5.01 Å². The van der Waals surface area contributed by atoms with Crippen molar-refractivity contribution in [3.63, 3.8) is 0 Å². The van der Waals surface area contributed by atoms with Gasteiger partial charge in [0.1, 0.15) is 0 Å². The monoisotopic (exact) mass is 590 g/mol. The van der Waals surface area contributed by atoms with Crippen molar-refractivity contribution in [2.45, 2.75) is 20.8 Å². The van der Waals surface area contributed by atoms with Crippen LogP contribution < -0.4 is 26.2 Å².